The van der Waals surface area contributed by atoms with Crippen LogP contribution in [0.1, 0.15) is 48.0 Å². The highest BCUT2D eigenvalue weighted by Gasteiger charge is 2.30. The van der Waals surface area contributed by atoms with E-state index in [0.717, 1.165) is 5.92 Å². The van der Waals surface area contributed by atoms with E-state index in [1.807, 2.05) is 0 Å². The lowest BCUT2D eigenvalue weighted by atomic mass is 9.77. The van der Waals surface area contributed by atoms with Gasteiger partial charge in [0.25, 0.3) is 0 Å². The second-order valence-corrected chi connectivity index (χ2v) is 6.51. The van der Waals surface area contributed by atoms with E-state index in [4.69, 9.17) is 0 Å². The van der Waals surface area contributed by atoms with Gasteiger partial charge in [-0.05, 0) is 44.7 Å². The summed E-state index contributed by atoms with van der Waals surface area (Å²) in [5, 5.41) is 0. The van der Waals surface area contributed by atoms with Crippen molar-refractivity contribution in [2.75, 3.05) is 6.54 Å². The monoisotopic (exact) mass is 195 g/mol. The Balaban J connectivity index is 2.71. The SMILES string of the molecule is CC(C)(C)C1CC=CN(C(C)(C)C)C1. The van der Waals surface area contributed by atoms with Crippen LogP contribution in [0.4, 0.5) is 0 Å². The molecule has 1 heteroatoms. The van der Waals surface area contributed by atoms with Crippen LogP contribution in [0, 0.1) is 11.3 Å². The van der Waals surface area contributed by atoms with Crippen molar-refractivity contribution in [3.63, 3.8) is 0 Å². The highest BCUT2D eigenvalue weighted by Crippen LogP contribution is 2.34. The molecule has 1 heterocycles. The zero-order valence-corrected chi connectivity index (χ0v) is 10.6. The van der Waals surface area contributed by atoms with Crippen LogP contribution >= 0.6 is 0 Å². The average Bonchev–Trinajstić information content (AvgIpc) is 2.01. The molecule has 1 rings (SSSR count). The summed E-state index contributed by atoms with van der Waals surface area (Å²) in [4.78, 5) is 2.46. The summed E-state index contributed by atoms with van der Waals surface area (Å²) >= 11 is 0. The molecule has 0 N–H and O–H groups in total. The van der Waals surface area contributed by atoms with Crippen molar-refractivity contribution in [3.05, 3.63) is 12.3 Å². The molecule has 1 atom stereocenters. The summed E-state index contributed by atoms with van der Waals surface area (Å²) in [5.41, 5.74) is 0.689. The Kier molecular flexibility index (Phi) is 2.99. The van der Waals surface area contributed by atoms with E-state index in [2.05, 4.69) is 58.7 Å². The number of hydrogen-bond donors (Lipinski definition) is 0. The molecule has 0 fully saturated rings. The van der Waals surface area contributed by atoms with E-state index in [-0.39, 0.29) is 5.54 Å². The van der Waals surface area contributed by atoms with Crippen molar-refractivity contribution in [2.24, 2.45) is 11.3 Å². The maximum atomic E-state index is 2.46. The predicted octanol–water partition coefficient (Wildman–Crippen LogP) is 3.67. The molecule has 0 amide bonds. The standard InChI is InChI=1S/C13H25N/c1-12(2,3)11-8-7-9-14(10-11)13(4,5)6/h7,9,11H,8,10H2,1-6H3. The minimum absolute atomic E-state index is 0.264. The molecule has 0 saturated heterocycles. The molecule has 0 bridgehead atoms. The molecule has 1 aliphatic heterocycles. The Morgan fingerprint density at radius 2 is 1.64 bits per heavy atom. The van der Waals surface area contributed by atoms with Gasteiger partial charge in [-0.15, -0.1) is 0 Å². The maximum absolute atomic E-state index is 2.46. The van der Waals surface area contributed by atoms with E-state index in [0.29, 0.717) is 5.41 Å². The van der Waals surface area contributed by atoms with Crippen molar-refractivity contribution >= 4 is 0 Å². The molecular weight excluding hydrogens is 170 g/mol. The van der Waals surface area contributed by atoms with E-state index in [9.17, 15) is 0 Å². The molecule has 1 aliphatic rings. The van der Waals surface area contributed by atoms with Crippen LogP contribution in [0.5, 0.6) is 0 Å². The average molecular weight is 195 g/mol. The molecule has 82 valence electrons. The summed E-state index contributed by atoms with van der Waals surface area (Å²) in [7, 11) is 0. The molecule has 0 spiro atoms. The molecule has 1 nitrogen and oxygen atoms in total. The minimum Gasteiger partial charge on any atom is -0.373 e. The molecule has 1 unspecified atom stereocenters. The Bertz CT molecular complexity index is 214. The first-order valence-electron chi connectivity index (χ1n) is 5.64. The number of hydrogen-bond acceptors (Lipinski definition) is 1. The lowest BCUT2D eigenvalue weighted by Gasteiger charge is -2.43. The van der Waals surface area contributed by atoms with Crippen molar-refractivity contribution in [1.29, 1.82) is 0 Å². The molecule has 14 heavy (non-hydrogen) atoms. The van der Waals surface area contributed by atoms with Gasteiger partial charge < -0.3 is 4.90 Å². The summed E-state index contributed by atoms with van der Waals surface area (Å²) in [6, 6.07) is 0. The van der Waals surface area contributed by atoms with E-state index in [1.54, 1.807) is 0 Å². The summed E-state index contributed by atoms with van der Waals surface area (Å²) < 4.78 is 0. The van der Waals surface area contributed by atoms with Crippen molar-refractivity contribution in [2.45, 2.75) is 53.5 Å². The van der Waals surface area contributed by atoms with Crippen LogP contribution in [-0.2, 0) is 0 Å². The number of nitrogens with zero attached hydrogens (tertiary/aromatic N) is 1. The molecule has 0 aromatic rings. The third-order valence-corrected chi connectivity index (χ3v) is 3.21. The smallest absolute Gasteiger partial charge is 0.0312 e. The van der Waals surface area contributed by atoms with Gasteiger partial charge in [-0.25, -0.2) is 0 Å². The molecule has 0 aliphatic carbocycles. The Hall–Kier alpha value is -0.460. The van der Waals surface area contributed by atoms with Gasteiger partial charge in [-0.3, -0.25) is 0 Å². The summed E-state index contributed by atoms with van der Waals surface area (Å²) in [6.45, 7) is 15.1. The van der Waals surface area contributed by atoms with E-state index >= 15 is 0 Å². The summed E-state index contributed by atoms with van der Waals surface area (Å²) in [5.74, 6) is 0.784. The van der Waals surface area contributed by atoms with E-state index in [1.165, 1.54) is 13.0 Å². The zero-order valence-electron chi connectivity index (χ0n) is 10.6. The molecule has 0 aromatic carbocycles. The summed E-state index contributed by atoms with van der Waals surface area (Å²) in [6.07, 6.45) is 5.82. The van der Waals surface area contributed by atoms with Gasteiger partial charge in [0.15, 0.2) is 0 Å². The lowest BCUT2D eigenvalue weighted by Crippen LogP contribution is -2.44. The van der Waals surface area contributed by atoms with Crippen LogP contribution in [0.3, 0.4) is 0 Å². The second kappa shape index (κ2) is 3.60. The van der Waals surface area contributed by atoms with Crippen molar-refractivity contribution < 1.29 is 0 Å². The van der Waals surface area contributed by atoms with Gasteiger partial charge >= 0.3 is 0 Å². The highest BCUT2D eigenvalue weighted by molar-refractivity contribution is 4.99. The number of rotatable bonds is 0. The third-order valence-electron chi connectivity index (χ3n) is 3.21. The van der Waals surface area contributed by atoms with Gasteiger partial charge in [0, 0.05) is 12.1 Å². The first-order chi connectivity index (χ1) is 6.21. The fourth-order valence-corrected chi connectivity index (χ4v) is 1.85. The van der Waals surface area contributed by atoms with Gasteiger partial charge in [0.05, 0.1) is 0 Å². The first-order valence-corrected chi connectivity index (χ1v) is 5.64. The highest BCUT2D eigenvalue weighted by atomic mass is 15.2. The molecule has 0 saturated carbocycles. The Morgan fingerprint density at radius 1 is 1.07 bits per heavy atom. The minimum atomic E-state index is 0.264. The topological polar surface area (TPSA) is 3.24 Å². The van der Waals surface area contributed by atoms with Crippen LogP contribution in [0.15, 0.2) is 12.3 Å². The first kappa shape index (κ1) is 11.6. The Morgan fingerprint density at radius 3 is 2.07 bits per heavy atom. The fourth-order valence-electron chi connectivity index (χ4n) is 1.85. The van der Waals surface area contributed by atoms with Crippen LogP contribution in [0.2, 0.25) is 0 Å². The number of allylic oxidation sites excluding steroid dienone is 1. The lowest BCUT2D eigenvalue weighted by molar-refractivity contribution is 0.110. The Labute approximate surface area is 89.2 Å². The molecular formula is C13H25N. The van der Waals surface area contributed by atoms with Crippen molar-refractivity contribution in [3.8, 4) is 0 Å². The largest absolute Gasteiger partial charge is 0.373 e. The molecule has 0 aromatic heterocycles. The van der Waals surface area contributed by atoms with E-state index < -0.39 is 0 Å². The normalized spacial score (nSPS) is 24.1. The maximum Gasteiger partial charge on any atom is 0.0312 e. The van der Waals surface area contributed by atoms with Crippen LogP contribution in [0.25, 0.3) is 0 Å². The van der Waals surface area contributed by atoms with Gasteiger partial charge in [0.2, 0.25) is 0 Å². The van der Waals surface area contributed by atoms with Crippen LogP contribution < -0.4 is 0 Å². The zero-order chi connectivity index (χ0) is 11.0. The van der Waals surface area contributed by atoms with Crippen LogP contribution in [-0.4, -0.2) is 17.0 Å². The predicted molar refractivity (Wildman–Crippen MR) is 63.2 cm³/mol. The fraction of sp³-hybridized carbons (Fsp3) is 0.846. The van der Waals surface area contributed by atoms with Gasteiger partial charge in [-0.2, -0.15) is 0 Å². The van der Waals surface area contributed by atoms with Gasteiger partial charge in [0.1, 0.15) is 0 Å². The van der Waals surface area contributed by atoms with Gasteiger partial charge in [-0.1, -0.05) is 26.8 Å². The quantitative estimate of drug-likeness (QED) is 0.570. The molecule has 0 radical (unpaired) electrons. The van der Waals surface area contributed by atoms with Crippen molar-refractivity contribution in [1.82, 2.24) is 4.90 Å². The third kappa shape index (κ3) is 2.76. The second-order valence-electron chi connectivity index (χ2n) is 6.51.